The van der Waals surface area contributed by atoms with E-state index >= 15 is 0 Å². The van der Waals surface area contributed by atoms with Crippen LogP contribution in [0.15, 0.2) is 77.9 Å². The van der Waals surface area contributed by atoms with Crippen molar-refractivity contribution in [2.24, 2.45) is 5.10 Å². The van der Waals surface area contributed by atoms with Gasteiger partial charge in [-0.3, -0.25) is 4.79 Å². The van der Waals surface area contributed by atoms with Crippen molar-refractivity contribution in [2.75, 3.05) is 0 Å². The lowest BCUT2D eigenvalue weighted by molar-refractivity contribution is 0.0955. The first-order valence-electron chi connectivity index (χ1n) is 9.73. The van der Waals surface area contributed by atoms with Crippen molar-refractivity contribution in [2.45, 2.75) is 13.5 Å². The Hall–Kier alpha value is -3.44. The number of rotatable bonds is 5. The van der Waals surface area contributed by atoms with Crippen LogP contribution in [0.4, 0.5) is 0 Å². The predicted molar refractivity (Wildman–Crippen MR) is 131 cm³/mol. The molecule has 1 N–H and O–H groups in total. The largest absolute Gasteiger partial charge is 0.340 e. The zero-order chi connectivity index (χ0) is 21.8. The molecule has 4 rings (SSSR count). The highest BCUT2D eigenvalue weighted by Crippen LogP contribution is 2.26. The van der Waals surface area contributed by atoms with Crippen LogP contribution < -0.4 is 5.43 Å². The van der Waals surface area contributed by atoms with Crippen molar-refractivity contribution in [1.82, 2.24) is 9.99 Å². The number of fused-ring (bicyclic) bond motifs is 1. The maximum absolute atomic E-state index is 12.3. The SMILES string of the molecule is Cc1c(/C=N\NC(=O)c2ccc(I)cc2)c2ccccc2n1Cc1ccccc1C#N. The zero-order valence-corrected chi connectivity index (χ0v) is 19.0. The number of nitrogens with one attached hydrogen (secondary N) is 1. The van der Waals surface area contributed by atoms with Crippen LogP contribution in [0.25, 0.3) is 10.9 Å². The summed E-state index contributed by atoms with van der Waals surface area (Å²) >= 11 is 2.20. The number of nitriles is 1. The third kappa shape index (κ3) is 4.37. The summed E-state index contributed by atoms with van der Waals surface area (Å²) in [5.74, 6) is -0.253. The molecule has 1 amide bonds. The minimum atomic E-state index is -0.253. The first-order chi connectivity index (χ1) is 15.1. The number of hydrogen-bond donors (Lipinski definition) is 1. The van der Waals surface area contributed by atoms with Crippen molar-refractivity contribution >= 4 is 45.6 Å². The number of para-hydroxylation sites is 1. The molecule has 5 nitrogen and oxygen atoms in total. The Morgan fingerprint density at radius 1 is 1.10 bits per heavy atom. The second-order valence-corrected chi connectivity index (χ2v) is 8.32. The molecule has 0 saturated carbocycles. The van der Waals surface area contributed by atoms with Crippen molar-refractivity contribution in [1.29, 1.82) is 5.26 Å². The third-order valence-corrected chi connectivity index (χ3v) is 5.93. The zero-order valence-electron chi connectivity index (χ0n) is 16.8. The second-order valence-electron chi connectivity index (χ2n) is 7.08. The molecule has 1 aromatic heterocycles. The number of carbonyl (C=O) groups is 1. The van der Waals surface area contributed by atoms with Crippen LogP contribution in [0, 0.1) is 21.8 Å². The summed E-state index contributed by atoms with van der Waals surface area (Å²) in [6, 6.07) is 25.3. The van der Waals surface area contributed by atoms with Crippen LogP contribution in [0.3, 0.4) is 0 Å². The summed E-state index contributed by atoms with van der Waals surface area (Å²) in [6.07, 6.45) is 1.69. The van der Waals surface area contributed by atoms with Gasteiger partial charge in [0.1, 0.15) is 0 Å². The Balaban J connectivity index is 1.65. The number of amides is 1. The van der Waals surface area contributed by atoms with Crippen LogP contribution in [0.2, 0.25) is 0 Å². The number of nitrogens with zero attached hydrogens (tertiary/aromatic N) is 3. The van der Waals surface area contributed by atoms with Gasteiger partial charge in [0.2, 0.25) is 0 Å². The quantitative estimate of drug-likeness (QED) is 0.223. The first-order valence-corrected chi connectivity index (χ1v) is 10.8. The highest BCUT2D eigenvalue weighted by molar-refractivity contribution is 14.1. The summed E-state index contributed by atoms with van der Waals surface area (Å²) < 4.78 is 3.24. The van der Waals surface area contributed by atoms with Crippen LogP contribution in [0.1, 0.15) is 32.7 Å². The van der Waals surface area contributed by atoms with E-state index in [0.29, 0.717) is 17.7 Å². The van der Waals surface area contributed by atoms with Gasteiger partial charge in [0.15, 0.2) is 0 Å². The van der Waals surface area contributed by atoms with Crippen LogP contribution in [-0.2, 0) is 6.54 Å². The highest BCUT2D eigenvalue weighted by atomic mass is 127. The van der Waals surface area contributed by atoms with E-state index in [-0.39, 0.29) is 5.91 Å². The van der Waals surface area contributed by atoms with Gasteiger partial charge in [-0.15, -0.1) is 0 Å². The topological polar surface area (TPSA) is 70.2 Å². The van der Waals surface area contributed by atoms with E-state index < -0.39 is 0 Å². The van der Waals surface area contributed by atoms with Gasteiger partial charge in [-0.1, -0.05) is 36.4 Å². The van der Waals surface area contributed by atoms with Gasteiger partial charge in [0, 0.05) is 37.8 Å². The Morgan fingerprint density at radius 2 is 1.81 bits per heavy atom. The van der Waals surface area contributed by atoms with E-state index in [1.165, 1.54) is 0 Å². The molecule has 31 heavy (non-hydrogen) atoms. The summed E-state index contributed by atoms with van der Waals surface area (Å²) in [7, 11) is 0. The van der Waals surface area contributed by atoms with Gasteiger partial charge in [-0.05, 0) is 71.5 Å². The standard InChI is InChI=1S/C25H19IN4O/c1-17-23(15-28-29-25(31)18-10-12-21(26)13-11-18)22-8-4-5-9-24(22)30(17)16-20-7-3-2-6-19(20)14-27/h2-13,15H,16H2,1H3,(H,29,31)/b28-15-. The average Bonchev–Trinajstić information content (AvgIpc) is 3.06. The lowest BCUT2D eigenvalue weighted by atomic mass is 10.1. The molecular weight excluding hydrogens is 499 g/mol. The maximum atomic E-state index is 12.3. The third-order valence-electron chi connectivity index (χ3n) is 5.21. The molecule has 3 aromatic carbocycles. The number of benzene rings is 3. The average molecular weight is 518 g/mol. The summed E-state index contributed by atoms with van der Waals surface area (Å²) in [5, 5.41) is 14.7. The minimum Gasteiger partial charge on any atom is -0.340 e. The molecular formula is C25H19IN4O. The van der Waals surface area contributed by atoms with Gasteiger partial charge in [-0.2, -0.15) is 10.4 Å². The van der Waals surface area contributed by atoms with Crippen molar-refractivity contribution in [3.05, 3.63) is 104 Å². The van der Waals surface area contributed by atoms with Crippen LogP contribution in [0.5, 0.6) is 0 Å². The molecule has 0 aliphatic heterocycles. The normalized spacial score (nSPS) is 11.0. The molecule has 0 fully saturated rings. The maximum Gasteiger partial charge on any atom is 0.271 e. The molecule has 0 unspecified atom stereocenters. The first kappa shape index (κ1) is 20.8. The molecule has 0 aliphatic carbocycles. The fourth-order valence-electron chi connectivity index (χ4n) is 3.58. The summed E-state index contributed by atoms with van der Waals surface area (Å²) in [6.45, 7) is 2.61. The van der Waals surface area contributed by atoms with Gasteiger partial charge in [-0.25, -0.2) is 5.43 Å². The molecule has 0 saturated heterocycles. The smallest absolute Gasteiger partial charge is 0.271 e. The monoisotopic (exact) mass is 518 g/mol. The van der Waals surface area contributed by atoms with Gasteiger partial charge < -0.3 is 4.57 Å². The fourth-order valence-corrected chi connectivity index (χ4v) is 3.94. The minimum absolute atomic E-state index is 0.253. The number of carbonyl (C=O) groups excluding carboxylic acids is 1. The second kappa shape index (κ2) is 9.14. The van der Waals surface area contributed by atoms with Crippen LogP contribution >= 0.6 is 22.6 Å². The van der Waals surface area contributed by atoms with Crippen molar-refractivity contribution in [3.63, 3.8) is 0 Å². The molecule has 0 radical (unpaired) electrons. The number of aromatic nitrogens is 1. The molecule has 1 heterocycles. The van der Waals surface area contributed by atoms with E-state index in [1.54, 1.807) is 18.3 Å². The van der Waals surface area contributed by atoms with E-state index in [0.717, 1.165) is 31.3 Å². The van der Waals surface area contributed by atoms with Gasteiger partial charge >= 0.3 is 0 Å². The lowest BCUT2D eigenvalue weighted by Crippen LogP contribution is -2.17. The molecule has 0 aliphatic rings. The Kier molecular flexibility index (Phi) is 6.14. The van der Waals surface area contributed by atoms with E-state index in [9.17, 15) is 10.1 Å². The van der Waals surface area contributed by atoms with Crippen molar-refractivity contribution < 1.29 is 4.79 Å². The van der Waals surface area contributed by atoms with Gasteiger partial charge in [0.05, 0.1) is 17.8 Å². The number of hydrazone groups is 1. The summed E-state index contributed by atoms with van der Waals surface area (Å²) in [5.41, 5.74) is 7.81. The molecule has 0 atom stereocenters. The van der Waals surface area contributed by atoms with E-state index in [4.69, 9.17) is 0 Å². The molecule has 0 bridgehead atoms. The molecule has 152 valence electrons. The number of hydrogen-bond acceptors (Lipinski definition) is 3. The molecule has 0 spiro atoms. The number of halogens is 1. The predicted octanol–water partition coefficient (Wildman–Crippen LogP) is 5.24. The fraction of sp³-hybridized carbons (Fsp3) is 0.0800. The molecule has 4 aromatic rings. The highest BCUT2D eigenvalue weighted by Gasteiger charge is 2.14. The van der Waals surface area contributed by atoms with Crippen LogP contribution in [-0.4, -0.2) is 16.7 Å². The van der Waals surface area contributed by atoms with E-state index in [1.807, 2.05) is 61.5 Å². The molecule has 6 heteroatoms. The van der Waals surface area contributed by atoms with Gasteiger partial charge in [0.25, 0.3) is 5.91 Å². The van der Waals surface area contributed by atoms with Crippen molar-refractivity contribution in [3.8, 4) is 6.07 Å². The lowest BCUT2D eigenvalue weighted by Gasteiger charge is -2.10. The Labute approximate surface area is 194 Å². The Morgan fingerprint density at radius 3 is 2.58 bits per heavy atom. The Bertz CT molecular complexity index is 1330. The van der Waals surface area contributed by atoms with E-state index in [2.05, 4.69) is 49.8 Å². The summed E-state index contributed by atoms with van der Waals surface area (Å²) in [4.78, 5) is 12.3.